The quantitative estimate of drug-likeness (QED) is 0.875. The highest BCUT2D eigenvalue weighted by molar-refractivity contribution is 9.10. The number of rotatable bonds is 2. The predicted molar refractivity (Wildman–Crippen MR) is 79.8 cm³/mol. The molecular weight excluding hydrogens is 344 g/mol. The van der Waals surface area contributed by atoms with Crippen molar-refractivity contribution >= 4 is 31.9 Å². The van der Waals surface area contributed by atoms with Crippen LogP contribution in [0, 0.1) is 5.41 Å². The lowest BCUT2D eigenvalue weighted by Gasteiger charge is -2.20. The Morgan fingerprint density at radius 2 is 2.05 bits per heavy atom. The molecule has 1 heterocycles. The number of carbonyl (C=O) groups excluding carboxylic acids is 1. The van der Waals surface area contributed by atoms with E-state index in [2.05, 4.69) is 29.8 Å². The molecule has 1 amide bonds. The van der Waals surface area contributed by atoms with E-state index in [4.69, 9.17) is 5.14 Å². The van der Waals surface area contributed by atoms with Gasteiger partial charge in [0.25, 0.3) is 5.91 Å². The van der Waals surface area contributed by atoms with Gasteiger partial charge in [-0.05, 0) is 46.0 Å². The van der Waals surface area contributed by atoms with Gasteiger partial charge in [0.15, 0.2) is 0 Å². The van der Waals surface area contributed by atoms with Crippen molar-refractivity contribution in [3.05, 3.63) is 28.2 Å². The van der Waals surface area contributed by atoms with Gasteiger partial charge in [0.2, 0.25) is 10.0 Å². The molecule has 0 aromatic heterocycles. The lowest BCUT2D eigenvalue weighted by molar-refractivity contribution is 0.0778. The number of hydrogen-bond acceptors (Lipinski definition) is 3. The highest BCUT2D eigenvalue weighted by atomic mass is 79.9. The molecule has 0 atom stereocenters. The number of benzene rings is 1. The van der Waals surface area contributed by atoms with Gasteiger partial charge < -0.3 is 4.90 Å². The van der Waals surface area contributed by atoms with Gasteiger partial charge in [-0.1, -0.05) is 13.8 Å². The van der Waals surface area contributed by atoms with Crippen LogP contribution in [-0.2, 0) is 10.0 Å². The summed E-state index contributed by atoms with van der Waals surface area (Å²) in [6, 6.07) is 4.47. The Morgan fingerprint density at radius 3 is 2.55 bits per heavy atom. The first kappa shape index (κ1) is 15.5. The Morgan fingerprint density at radius 1 is 1.40 bits per heavy atom. The first-order valence-electron chi connectivity index (χ1n) is 6.22. The van der Waals surface area contributed by atoms with Gasteiger partial charge in [-0.15, -0.1) is 0 Å². The minimum atomic E-state index is -3.85. The van der Waals surface area contributed by atoms with Crippen LogP contribution in [0.2, 0.25) is 0 Å². The standard InChI is InChI=1S/C13H17BrN2O3S/c1-13(2)5-6-16(8-13)12(17)9-3-4-10(14)11(7-9)20(15,18)19/h3-4,7H,5-6,8H2,1-2H3,(H2,15,18,19). The Labute approximate surface area is 127 Å². The highest BCUT2D eigenvalue weighted by Crippen LogP contribution is 2.30. The normalized spacial score (nSPS) is 18.3. The van der Waals surface area contributed by atoms with Crippen LogP contribution in [0.1, 0.15) is 30.6 Å². The zero-order chi connectivity index (χ0) is 15.1. The molecule has 2 N–H and O–H groups in total. The van der Waals surface area contributed by atoms with E-state index in [1.165, 1.54) is 12.1 Å². The number of carbonyl (C=O) groups is 1. The predicted octanol–water partition coefficient (Wildman–Crippen LogP) is 1.97. The number of nitrogens with zero attached hydrogens (tertiary/aromatic N) is 1. The van der Waals surface area contributed by atoms with Crippen LogP contribution in [0.15, 0.2) is 27.6 Å². The summed E-state index contributed by atoms with van der Waals surface area (Å²) in [4.78, 5) is 14.1. The molecule has 7 heteroatoms. The molecule has 0 spiro atoms. The molecule has 1 aromatic carbocycles. The van der Waals surface area contributed by atoms with Crippen molar-refractivity contribution in [1.82, 2.24) is 4.90 Å². The van der Waals surface area contributed by atoms with Gasteiger partial charge >= 0.3 is 0 Å². The maximum absolute atomic E-state index is 12.4. The number of amides is 1. The van der Waals surface area contributed by atoms with Crippen molar-refractivity contribution in [1.29, 1.82) is 0 Å². The van der Waals surface area contributed by atoms with Crippen molar-refractivity contribution in [3.63, 3.8) is 0 Å². The van der Waals surface area contributed by atoms with E-state index in [0.717, 1.165) is 6.42 Å². The third-order valence-corrected chi connectivity index (χ3v) is 5.35. The van der Waals surface area contributed by atoms with Crippen LogP contribution in [-0.4, -0.2) is 32.3 Å². The van der Waals surface area contributed by atoms with E-state index in [9.17, 15) is 13.2 Å². The summed E-state index contributed by atoms with van der Waals surface area (Å²) >= 11 is 3.13. The maximum Gasteiger partial charge on any atom is 0.253 e. The topological polar surface area (TPSA) is 80.5 Å². The Bertz CT molecular complexity index is 656. The minimum Gasteiger partial charge on any atom is -0.338 e. The Kier molecular flexibility index (Phi) is 3.96. The lowest BCUT2D eigenvalue weighted by atomic mass is 9.93. The average Bonchev–Trinajstić information content (AvgIpc) is 2.68. The van der Waals surface area contributed by atoms with Crippen molar-refractivity contribution in [2.24, 2.45) is 10.6 Å². The molecule has 0 unspecified atom stereocenters. The second-order valence-corrected chi connectivity index (χ2v) is 8.22. The fraction of sp³-hybridized carbons (Fsp3) is 0.462. The summed E-state index contributed by atoms with van der Waals surface area (Å²) < 4.78 is 23.3. The average molecular weight is 361 g/mol. The van der Waals surface area contributed by atoms with Gasteiger partial charge in [0.05, 0.1) is 4.90 Å². The fourth-order valence-electron chi connectivity index (χ4n) is 2.32. The summed E-state index contributed by atoms with van der Waals surface area (Å²) in [5.74, 6) is -0.159. The molecular formula is C13H17BrN2O3S. The monoisotopic (exact) mass is 360 g/mol. The molecule has 1 aromatic rings. The van der Waals surface area contributed by atoms with Gasteiger partial charge in [-0.3, -0.25) is 4.79 Å². The molecule has 1 fully saturated rings. The summed E-state index contributed by atoms with van der Waals surface area (Å²) in [5, 5.41) is 5.14. The van der Waals surface area contributed by atoms with Gasteiger partial charge in [-0.25, -0.2) is 13.6 Å². The van der Waals surface area contributed by atoms with Gasteiger partial charge in [-0.2, -0.15) is 0 Å². The highest BCUT2D eigenvalue weighted by Gasteiger charge is 2.32. The van der Waals surface area contributed by atoms with E-state index in [0.29, 0.717) is 23.1 Å². The first-order chi connectivity index (χ1) is 9.10. The molecule has 0 bridgehead atoms. The largest absolute Gasteiger partial charge is 0.338 e. The zero-order valence-electron chi connectivity index (χ0n) is 11.4. The van der Waals surface area contributed by atoms with Crippen LogP contribution in [0.3, 0.4) is 0 Å². The van der Waals surface area contributed by atoms with Crippen molar-refractivity contribution < 1.29 is 13.2 Å². The van der Waals surface area contributed by atoms with E-state index in [-0.39, 0.29) is 16.2 Å². The van der Waals surface area contributed by atoms with E-state index in [1.807, 2.05) is 0 Å². The van der Waals surface area contributed by atoms with Crippen LogP contribution in [0.25, 0.3) is 0 Å². The summed E-state index contributed by atoms with van der Waals surface area (Å²) in [5.41, 5.74) is 0.447. The minimum absolute atomic E-state index is 0.0678. The summed E-state index contributed by atoms with van der Waals surface area (Å²) in [7, 11) is -3.85. The molecule has 0 radical (unpaired) electrons. The molecule has 20 heavy (non-hydrogen) atoms. The number of primary sulfonamides is 1. The van der Waals surface area contributed by atoms with E-state index < -0.39 is 10.0 Å². The first-order valence-corrected chi connectivity index (χ1v) is 8.56. The van der Waals surface area contributed by atoms with E-state index >= 15 is 0 Å². The number of nitrogens with two attached hydrogens (primary N) is 1. The van der Waals surface area contributed by atoms with Crippen LogP contribution < -0.4 is 5.14 Å². The summed E-state index contributed by atoms with van der Waals surface area (Å²) in [6.45, 7) is 5.58. The third-order valence-electron chi connectivity index (χ3n) is 3.45. The molecule has 1 aliphatic rings. The molecule has 1 aliphatic heterocycles. The molecule has 0 aliphatic carbocycles. The SMILES string of the molecule is CC1(C)CCN(C(=O)c2ccc(Br)c(S(N)(=O)=O)c2)C1. The maximum atomic E-state index is 12.4. The molecule has 0 saturated carbocycles. The molecule has 110 valence electrons. The van der Waals surface area contributed by atoms with Gasteiger partial charge in [0.1, 0.15) is 0 Å². The molecule has 5 nitrogen and oxygen atoms in total. The van der Waals surface area contributed by atoms with Crippen LogP contribution >= 0.6 is 15.9 Å². The smallest absolute Gasteiger partial charge is 0.253 e. The van der Waals surface area contributed by atoms with Crippen molar-refractivity contribution in [3.8, 4) is 0 Å². The Hall–Kier alpha value is -0.920. The number of hydrogen-bond donors (Lipinski definition) is 1. The van der Waals surface area contributed by atoms with Crippen molar-refractivity contribution in [2.75, 3.05) is 13.1 Å². The second kappa shape index (κ2) is 5.13. The Balaban J connectivity index is 2.33. The number of likely N-dealkylation sites (tertiary alicyclic amines) is 1. The molecule has 1 saturated heterocycles. The van der Waals surface area contributed by atoms with Gasteiger partial charge in [0, 0.05) is 23.1 Å². The molecule has 2 rings (SSSR count). The third kappa shape index (κ3) is 3.21. The number of sulfonamides is 1. The second-order valence-electron chi connectivity index (χ2n) is 5.83. The van der Waals surface area contributed by atoms with Crippen LogP contribution in [0.5, 0.6) is 0 Å². The lowest BCUT2D eigenvalue weighted by Crippen LogP contribution is -2.30. The van der Waals surface area contributed by atoms with E-state index in [1.54, 1.807) is 11.0 Å². The fourth-order valence-corrected chi connectivity index (χ4v) is 3.88. The zero-order valence-corrected chi connectivity index (χ0v) is 13.8. The number of halogens is 1. The summed E-state index contributed by atoms with van der Waals surface area (Å²) in [6.07, 6.45) is 0.942. The van der Waals surface area contributed by atoms with Crippen LogP contribution in [0.4, 0.5) is 0 Å². The van der Waals surface area contributed by atoms with Crippen molar-refractivity contribution in [2.45, 2.75) is 25.2 Å².